The summed E-state index contributed by atoms with van der Waals surface area (Å²) in [5.74, 6) is -0.997. The van der Waals surface area contributed by atoms with Crippen molar-refractivity contribution in [3.63, 3.8) is 0 Å². The van der Waals surface area contributed by atoms with E-state index in [1.165, 1.54) is 42.5 Å². The van der Waals surface area contributed by atoms with Crippen molar-refractivity contribution in [3.05, 3.63) is 52.2 Å². The van der Waals surface area contributed by atoms with Crippen LogP contribution < -0.4 is 16.4 Å². The first kappa shape index (κ1) is 17.5. The fourth-order valence-electron chi connectivity index (χ4n) is 1.85. The van der Waals surface area contributed by atoms with E-state index in [-0.39, 0.29) is 11.5 Å². The number of nitrogens with one attached hydrogen (secondary N) is 2. The van der Waals surface area contributed by atoms with Gasteiger partial charge in [-0.25, -0.2) is 9.59 Å². The van der Waals surface area contributed by atoms with Crippen LogP contribution in [0.15, 0.2) is 41.8 Å². The predicted octanol–water partition coefficient (Wildman–Crippen LogP) is 2.10. The number of hydrogen-bond acceptors (Lipinski definition) is 5. The number of amides is 3. The molecule has 8 heteroatoms. The maximum absolute atomic E-state index is 12.0. The van der Waals surface area contributed by atoms with Gasteiger partial charge in [-0.1, -0.05) is 6.07 Å². The molecule has 0 radical (unpaired) electrons. The number of thiophene rings is 1. The van der Waals surface area contributed by atoms with Crippen LogP contribution >= 0.6 is 11.3 Å². The van der Waals surface area contributed by atoms with Gasteiger partial charge in [-0.15, -0.1) is 11.3 Å². The van der Waals surface area contributed by atoms with Crippen LogP contribution in [0.2, 0.25) is 0 Å². The van der Waals surface area contributed by atoms with E-state index < -0.39 is 18.1 Å². The summed E-state index contributed by atoms with van der Waals surface area (Å²) in [5.41, 5.74) is 5.73. The summed E-state index contributed by atoms with van der Waals surface area (Å²) in [6, 6.07) is 9.09. The third-order valence-electron chi connectivity index (χ3n) is 3.06. The molecule has 1 heterocycles. The minimum absolute atomic E-state index is 0.267. The minimum Gasteiger partial charge on any atom is -0.449 e. The summed E-state index contributed by atoms with van der Waals surface area (Å²) in [4.78, 5) is 35.7. The third kappa shape index (κ3) is 5.10. The number of primary amides is 1. The number of esters is 1. The van der Waals surface area contributed by atoms with Crippen molar-refractivity contribution < 1.29 is 19.1 Å². The van der Waals surface area contributed by atoms with Crippen LogP contribution in [0.5, 0.6) is 0 Å². The molecule has 24 heavy (non-hydrogen) atoms. The maximum atomic E-state index is 12.0. The highest BCUT2D eigenvalue weighted by molar-refractivity contribution is 7.09. The Kier molecular flexibility index (Phi) is 5.91. The summed E-state index contributed by atoms with van der Waals surface area (Å²) in [6.07, 6.45) is -0.916. The molecule has 0 aliphatic carbocycles. The van der Waals surface area contributed by atoms with E-state index in [2.05, 4.69) is 10.6 Å². The molecular formula is C16H17N3O4S. The summed E-state index contributed by atoms with van der Waals surface area (Å²) in [7, 11) is 0. The Morgan fingerprint density at radius 2 is 1.92 bits per heavy atom. The molecule has 0 bridgehead atoms. The quantitative estimate of drug-likeness (QED) is 0.695. The lowest BCUT2D eigenvalue weighted by molar-refractivity contribution is -0.129. The molecule has 2 aromatic rings. The van der Waals surface area contributed by atoms with Crippen molar-refractivity contribution in [2.75, 3.05) is 5.32 Å². The third-order valence-corrected chi connectivity index (χ3v) is 3.93. The van der Waals surface area contributed by atoms with Gasteiger partial charge in [0.1, 0.15) is 0 Å². The standard InChI is InChI=1S/C16H17N3O4S/c1-10(14(20)18-9-13-3-2-8-24-13)23-15(21)11-4-6-12(7-5-11)19-16(17)22/h2-8,10H,9H2,1H3,(H,18,20)(H3,17,19,22)/t10-/m0/s1. The van der Waals surface area contributed by atoms with E-state index in [0.717, 1.165) is 4.88 Å². The van der Waals surface area contributed by atoms with Crippen LogP contribution in [0.25, 0.3) is 0 Å². The Labute approximate surface area is 142 Å². The highest BCUT2D eigenvalue weighted by atomic mass is 32.1. The Morgan fingerprint density at radius 3 is 2.50 bits per heavy atom. The lowest BCUT2D eigenvalue weighted by atomic mass is 10.2. The second-order valence-electron chi connectivity index (χ2n) is 4.91. The van der Waals surface area contributed by atoms with Gasteiger partial charge in [0.2, 0.25) is 0 Å². The number of hydrogen-bond donors (Lipinski definition) is 3. The Bertz CT molecular complexity index is 713. The number of nitrogens with two attached hydrogens (primary N) is 1. The number of anilines is 1. The average molecular weight is 347 g/mol. The zero-order chi connectivity index (χ0) is 17.5. The lowest BCUT2D eigenvalue weighted by Crippen LogP contribution is -2.35. The Morgan fingerprint density at radius 1 is 1.21 bits per heavy atom. The zero-order valence-electron chi connectivity index (χ0n) is 12.9. The van der Waals surface area contributed by atoms with E-state index in [0.29, 0.717) is 12.2 Å². The number of benzene rings is 1. The maximum Gasteiger partial charge on any atom is 0.338 e. The molecule has 0 saturated carbocycles. The van der Waals surface area contributed by atoms with Crippen LogP contribution in [0, 0.1) is 0 Å². The molecule has 126 valence electrons. The molecule has 3 amide bonds. The van der Waals surface area contributed by atoms with Crippen LogP contribution in [0.3, 0.4) is 0 Å². The fourth-order valence-corrected chi connectivity index (χ4v) is 2.49. The highest BCUT2D eigenvalue weighted by Gasteiger charge is 2.18. The second-order valence-corrected chi connectivity index (χ2v) is 5.94. The molecule has 1 aromatic carbocycles. The van der Waals surface area contributed by atoms with Crippen molar-refractivity contribution in [3.8, 4) is 0 Å². The van der Waals surface area contributed by atoms with Crippen molar-refractivity contribution in [2.24, 2.45) is 5.73 Å². The molecule has 0 spiro atoms. The average Bonchev–Trinajstić information content (AvgIpc) is 3.06. The molecule has 1 aromatic heterocycles. The van der Waals surface area contributed by atoms with Crippen molar-refractivity contribution in [2.45, 2.75) is 19.6 Å². The number of ether oxygens (including phenoxy) is 1. The minimum atomic E-state index is -0.916. The first-order valence-corrected chi connectivity index (χ1v) is 8.01. The molecule has 0 fully saturated rings. The fraction of sp³-hybridized carbons (Fsp3) is 0.188. The topological polar surface area (TPSA) is 111 Å². The number of carbonyl (C=O) groups is 3. The molecule has 0 unspecified atom stereocenters. The molecule has 1 atom stereocenters. The van der Waals surface area contributed by atoms with Gasteiger partial charge in [0.05, 0.1) is 12.1 Å². The van der Waals surface area contributed by atoms with E-state index in [1.807, 2.05) is 17.5 Å². The van der Waals surface area contributed by atoms with Gasteiger partial charge in [0.15, 0.2) is 6.10 Å². The molecule has 0 aliphatic heterocycles. The van der Waals surface area contributed by atoms with Crippen LogP contribution in [0.4, 0.5) is 10.5 Å². The zero-order valence-corrected chi connectivity index (χ0v) is 13.8. The number of rotatable bonds is 6. The highest BCUT2D eigenvalue weighted by Crippen LogP contribution is 2.12. The van der Waals surface area contributed by atoms with Gasteiger partial charge in [-0.3, -0.25) is 4.79 Å². The number of carbonyl (C=O) groups excluding carboxylic acids is 3. The number of urea groups is 1. The summed E-state index contributed by atoms with van der Waals surface area (Å²) in [6.45, 7) is 1.90. The monoisotopic (exact) mass is 347 g/mol. The van der Waals surface area contributed by atoms with E-state index >= 15 is 0 Å². The van der Waals surface area contributed by atoms with Crippen molar-refractivity contribution in [1.29, 1.82) is 0 Å². The summed E-state index contributed by atoms with van der Waals surface area (Å²) in [5, 5.41) is 7.01. The summed E-state index contributed by atoms with van der Waals surface area (Å²) >= 11 is 1.53. The van der Waals surface area contributed by atoms with Gasteiger partial charge in [0, 0.05) is 10.6 Å². The van der Waals surface area contributed by atoms with E-state index in [9.17, 15) is 14.4 Å². The predicted molar refractivity (Wildman–Crippen MR) is 90.7 cm³/mol. The molecule has 0 aliphatic rings. The molecule has 7 nitrogen and oxygen atoms in total. The summed E-state index contributed by atoms with van der Waals surface area (Å²) < 4.78 is 5.13. The van der Waals surface area contributed by atoms with Crippen LogP contribution in [-0.4, -0.2) is 24.0 Å². The van der Waals surface area contributed by atoms with Gasteiger partial charge < -0.3 is 21.1 Å². The first-order valence-electron chi connectivity index (χ1n) is 7.13. The first-order chi connectivity index (χ1) is 11.5. The smallest absolute Gasteiger partial charge is 0.338 e. The van der Waals surface area contributed by atoms with Crippen molar-refractivity contribution in [1.82, 2.24) is 5.32 Å². The SMILES string of the molecule is C[C@H](OC(=O)c1ccc(NC(N)=O)cc1)C(=O)NCc1cccs1. The molecule has 2 rings (SSSR count). The van der Waals surface area contributed by atoms with E-state index in [1.54, 1.807) is 0 Å². The second kappa shape index (κ2) is 8.11. The van der Waals surface area contributed by atoms with Crippen molar-refractivity contribution >= 4 is 34.9 Å². The molecular weight excluding hydrogens is 330 g/mol. The lowest BCUT2D eigenvalue weighted by Gasteiger charge is -2.13. The van der Waals surface area contributed by atoms with Gasteiger partial charge in [-0.2, -0.15) is 0 Å². The molecule has 0 saturated heterocycles. The normalized spacial score (nSPS) is 11.4. The van der Waals surface area contributed by atoms with Gasteiger partial charge in [0.25, 0.3) is 5.91 Å². The van der Waals surface area contributed by atoms with E-state index in [4.69, 9.17) is 10.5 Å². The van der Waals surface area contributed by atoms with Crippen LogP contribution in [-0.2, 0) is 16.1 Å². The molecule has 4 N–H and O–H groups in total. The Hall–Kier alpha value is -2.87. The Balaban J connectivity index is 1.86. The van der Waals surface area contributed by atoms with Gasteiger partial charge >= 0.3 is 12.0 Å². The van der Waals surface area contributed by atoms with Crippen LogP contribution in [0.1, 0.15) is 22.2 Å². The largest absolute Gasteiger partial charge is 0.449 e. The van der Waals surface area contributed by atoms with Gasteiger partial charge in [-0.05, 0) is 42.6 Å².